The first-order valence-corrected chi connectivity index (χ1v) is 8.69. The van der Waals surface area contributed by atoms with Crippen LogP contribution in [0, 0.1) is 6.92 Å². The van der Waals surface area contributed by atoms with Crippen LogP contribution < -0.4 is 5.32 Å². The normalized spacial score (nSPS) is 10.9. The predicted molar refractivity (Wildman–Crippen MR) is 107 cm³/mol. The van der Waals surface area contributed by atoms with Crippen LogP contribution in [0.5, 0.6) is 0 Å². The Morgan fingerprint density at radius 3 is 2.59 bits per heavy atom. The van der Waals surface area contributed by atoms with Gasteiger partial charge in [-0.1, -0.05) is 30.3 Å². The van der Waals surface area contributed by atoms with Crippen LogP contribution in [0.15, 0.2) is 60.7 Å². The number of aromatic nitrogens is 1. The first-order chi connectivity index (χ1) is 13.1. The van der Waals surface area contributed by atoms with Gasteiger partial charge in [-0.2, -0.15) is 0 Å². The van der Waals surface area contributed by atoms with Crippen molar-refractivity contribution in [1.82, 2.24) is 4.98 Å². The number of hydrogen-bond acceptors (Lipinski definition) is 4. The summed E-state index contributed by atoms with van der Waals surface area (Å²) in [7, 11) is 0. The van der Waals surface area contributed by atoms with Crippen molar-refractivity contribution in [3.8, 4) is 0 Å². The molecule has 0 saturated heterocycles. The summed E-state index contributed by atoms with van der Waals surface area (Å²) in [6.07, 6.45) is 3.05. The summed E-state index contributed by atoms with van der Waals surface area (Å²) in [6.45, 7) is 3.97. The smallest absolute Gasteiger partial charge is 0.330 e. The van der Waals surface area contributed by atoms with Crippen molar-refractivity contribution in [1.29, 1.82) is 0 Å². The van der Waals surface area contributed by atoms with E-state index in [4.69, 9.17) is 4.74 Å². The molecule has 1 aromatic heterocycles. The lowest BCUT2D eigenvalue weighted by atomic mass is 10.1. The average molecular weight is 360 g/mol. The van der Waals surface area contributed by atoms with E-state index in [1.165, 1.54) is 6.08 Å². The molecule has 136 valence electrons. The van der Waals surface area contributed by atoms with Gasteiger partial charge < -0.3 is 10.1 Å². The fourth-order valence-corrected chi connectivity index (χ4v) is 2.73. The maximum Gasteiger partial charge on any atom is 0.330 e. The number of aryl methyl sites for hydroxylation is 1. The molecule has 0 fully saturated rings. The van der Waals surface area contributed by atoms with E-state index < -0.39 is 0 Å². The molecule has 0 aliphatic carbocycles. The van der Waals surface area contributed by atoms with Crippen molar-refractivity contribution in [3.63, 3.8) is 0 Å². The number of ether oxygens (including phenoxy) is 1. The van der Waals surface area contributed by atoms with Gasteiger partial charge in [0.1, 0.15) is 0 Å². The van der Waals surface area contributed by atoms with Crippen molar-refractivity contribution in [2.45, 2.75) is 13.8 Å². The van der Waals surface area contributed by atoms with Crippen LogP contribution >= 0.6 is 0 Å². The number of nitrogens with one attached hydrogen (secondary N) is 1. The number of nitrogens with zero attached hydrogens (tertiary/aromatic N) is 1. The molecule has 0 aliphatic heterocycles. The zero-order valence-corrected chi connectivity index (χ0v) is 15.2. The van der Waals surface area contributed by atoms with Gasteiger partial charge in [-0.05, 0) is 49.8 Å². The molecule has 2 aromatic carbocycles. The number of para-hydroxylation sites is 1. The highest BCUT2D eigenvalue weighted by atomic mass is 16.5. The number of amides is 1. The van der Waals surface area contributed by atoms with Crippen molar-refractivity contribution < 1.29 is 14.3 Å². The van der Waals surface area contributed by atoms with Crippen molar-refractivity contribution in [3.05, 3.63) is 77.5 Å². The Labute approximate surface area is 157 Å². The highest BCUT2D eigenvalue weighted by molar-refractivity contribution is 6.12. The predicted octanol–water partition coefficient (Wildman–Crippen LogP) is 4.37. The number of hydrogen-bond donors (Lipinski definition) is 1. The standard InChI is InChI=1S/C22H20N2O3/c1-3-27-21(25)13-10-16-8-11-17(12-9-16)24-22(26)19-14-15(2)23-20-7-5-4-6-18(19)20/h4-14H,3H2,1-2H3,(H,24,26)/b13-10+. The van der Waals surface area contributed by atoms with E-state index in [9.17, 15) is 9.59 Å². The van der Waals surface area contributed by atoms with Crippen LogP contribution in [0.4, 0.5) is 5.69 Å². The molecule has 1 amide bonds. The molecule has 0 saturated carbocycles. The minimum Gasteiger partial charge on any atom is -0.463 e. The Balaban J connectivity index is 1.76. The highest BCUT2D eigenvalue weighted by Gasteiger charge is 2.12. The largest absolute Gasteiger partial charge is 0.463 e. The summed E-state index contributed by atoms with van der Waals surface area (Å²) in [5, 5.41) is 3.72. The molecule has 1 N–H and O–H groups in total. The SMILES string of the molecule is CCOC(=O)/C=C/c1ccc(NC(=O)c2cc(C)nc3ccccc23)cc1. The highest BCUT2D eigenvalue weighted by Crippen LogP contribution is 2.20. The molecular weight excluding hydrogens is 340 g/mol. The van der Waals surface area contributed by atoms with Gasteiger partial charge in [-0.25, -0.2) is 4.79 Å². The Morgan fingerprint density at radius 2 is 1.85 bits per heavy atom. The van der Waals surface area contributed by atoms with Gasteiger partial charge in [-0.3, -0.25) is 9.78 Å². The molecule has 5 heteroatoms. The monoisotopic (exact) mass is 360 g/mol. The van der Waals surface area contributed by atoms with E-state index >= 15 is 0 Å². The molecule has 1 heterocycles. The van der Waals surface area contributed by atoms with E-state index in [-0.39, 0.29) is 11.9 Å². The van der Waals surface area contributed by atoms with Crippen LogP contribution in [-0.2, 0) is 9.53 Å². The van der Waals surface area contributed by atoms with Crippen LogP contribution in [0.25, 0.3) is 17.0 Å². The quantitative estimate of drug-likeness (QED) is 0.542. The summed E-state index contributed by atoms with van der Waals surface area (Å²) in [5.41, 5.74) is 3.68. The molecule has 0 atom stereocenters. The van der Waals surface area contributed by atoms with Gasteiger partial charge in [0, 0.05) is 22.8 Å². The second-order valence-corrected chi connectivity index (χ2v) is 5.99. The van der Waals surface area contributed by atoms with Crippen LogP contribution in [0.1, 0.15) is 28.5 Å². The maximum atomic E-state index is 12.7. The lowest BCUT2D eigenvalue weighted by molar-refractivity contribution is -0.137. The number of anilines is 1. The number of carbonyl (C=O) groups is 2. The molecule has 0 bridgehead atoms. The lowest BCUT2D eigenvalue weighted by Crippen LogP contribution is -2.13. The average Bonchev–Trinajstić information content (AvgIpc) is 2.67. The molecule has 0 spiro atoms. The summed E-state index contributed by atoms with van der Waals surface area (Å²) in [5.74, 6) is -0.568. The van der Waals surface area contributed by atoms with Crippen molar-refractivity contribution >= 4 is 34.5 Å². The first-order valence-electron chi connectivity index (χ1n) is 8.69. The molecular formula is C22H20N2O3. The number of carbonyl (C=O) groups excluding carboxylic acids is 2. The van der Waals surface area contributed by atoms with E-state index in [0.717, 1.165) is 22.2 Å². The zero-order valence-electron chi connectivity index (χ0n) is 15.2. The zero-order chi connectivity index (χ0) is 19.2. The molecule has 3 aromatic rings. The van der Waals surface area contributed by atoms with E-state index in [1.807, 2.05) is 43.3 Å². The summed E-state index contributed by atoms with van der Waals surface area (Å²) < 4.78 is 4.85. The van der Waals surface area contributed by atoms with Gasteiger partial charge in [0.05, 0.1) is 17.7 Å². The Morgan fingerprint density at radius 1 is 1.11 bits per heavy atom. The molecule has 0 aliphatic rings. The first kappa shape index (κ1) is 18.3. The number of fused-ring (bicyclic) bond motifs is 1. The molecule has 0 unspecified atom stereocenters. The van der Waals surface area contributed by atoms with Crippen molar-refractivity contribution in [2.75, 3.05) is 11.9 Å². The minimum absolute atomic E-state index is 0.188. The lowest BCUT2D eigenvalue weighted by Gasteiger charge is -2.09. The maximum absolute atomic E-state index is 12.7. The van der Waals surface area contributed by atoms with E-state index in [1.54, 1.807) is 31.2 Å². The summed E-state index contributed by atoms with van der Waals surface area (Å²) >= 11 is 0. The van der Waals surface area contributed by atoms with Gasteiger partial charge in [0.2, 0.25) is 0 Å². The van der Waals surface area contributed by atoms with Gasteiger partial charge in [-0.15, -0.1) is 0 Å². The molecule has 27 heavy (non-hydrogen) atoms. The van der Waals surface area contributed by atoms with Crippen LogP contribution in [0.3, 0.4) is 0 Å². The Hall–Kier alpha value is -3.47. The third kappa shape index (κ3) is 4.58. The number of esters is 1. The third-order valence-electron chi connectivity index (χ3n) is 3.96. The van der Waals surface area contributed by atoms with Crippen molar-refractivity contribution in [2.24, 2.45) is 0 Å². The minimum atomic E-state index is -0.380. The van der Waals surface area contributed by atoms with Gasteiger partial charge in [0.25, 0.3) is 5.91 Å². The van der Waals surface area contributed by atoms with E-state index in [2.05, 4.69) is 10.3 Å². The third-order valence-corrected chi connectivity index (χ3v) is 3.96. The fourth-order valence-electron chi connectivity index (χ4n) is 2.73. The Kier molecular flexibility index (Phi) is 5.61. The second kappa shape index (κ2) is 8.27. The molecule has 5 nitrogen and oxygen atoms in total. The molecule has 3 rings (SSSR count). The molecule has 0 radical (unpaired) electrons. The van der Waals surface area contributed by atoms with Crippen LogP contribution in [0.2, 0.25) is 0 Å². The van der Waals surface area contributed by atoms with E-state index in [0.29, 0.717) is 17.9 Å². The van der Waals surface area contributed by atoms with Gasteiger partial charge in [0.15, 0.2) is 0 Å². The number of rotatable bonds is 5. The Bertz CT molecular complexity index is 1010. The fraction of sp³-hybridized carbons (Fsp3) is 0.136. The van der Waals surface area contributed by atoms with Crippen LogP contribution in [-0.4, -0.2) is 23.5 Å². The summed E-state index contributed by atoms with van der Waals surface area (Å²) in [6, 6.07) is 16.6. The number of benzene rings is 2. The van der Waals surface area contributed by atoms with Gasteiger partial charge >= 0.3 is 5.97 Å². The topological polar surface area (TPSA) is 68.3 Å². The number of pyridine rings is 1. The summed E-state index contributed by atoms with van der Waals surface area (Å²) in [4.78, 5) is 28.5. The second-order valence-electron chi connectivity index (χ2n) is 5.99.